The van der Waals surface area contributed by atoms with Crippen molar-refractivity contribution in [2.75, 3.05) is 0 Å². The summed E-state index contributed by atoms with van der Waals surface area (Å²) in [6, 6.07) is 48.1. The molecule has 0 amide bonds. The van der Waals surface area contributed by atoms with E-state index in [1.54, 1.807) is 0 Å². The number of fused-ring (bicyclic) bond motifs is 10. The minimum atomic E-state index is -0.101. The molecule has 0 radical (unpaired) electrons. The van der Waals surface area contributed by atoms with Gasteiger partial charge in [0.15, 0.2) is 0 Å². The first kappa shape index (κ1) is 28.2. The third-order valence-electron chi connectivity index (χ3n) is 11.2. The van der Waals surface area contributed by atoms with Crippen LogP contribution in [0.1, 0.15) is 51.3 Å². The summed E-state index contributed by atoms with van der Waals surface area (Å²) in [6.45, 7) is 12.0. The summed E-state index contributed by atoms with van der Waals surface area (Å²) < 4.78 is 3.99. The smallest absolute Gasteiger partial charge is 0.247 e. The molecule has 6 aromatic carbocycles. The van der Waals surface area contributed by atoms with Gasteiger partial charge in [-0.05, 0) is 56.3 Å². The van der Waals surface area contributed by atoms with Crippen LogP contribution in [0.2, 0.25) is 0 Å². The Kier molecular flexibility index (Phi) is 5.65. The Hall–Kier alpha value is -4.86. The molecular weight excluding hydrogens is 597 g/mol. The maximum atomic E-state index is 2.62. The molecule has 0 bridgehead atoms. The molecule has 2 aliphatic rings. The van der Waals surface area contributed by atoms with Gasteiger partial charge in [0.2, 0.25) is 6.71 Å². The van der Waals surface area contributed by atoms with Crippen molar-refractivity contribution in [1.29, 1.82) is 0 Å². The monoisotopic (exact) mass is 633 g/mol. The minimum Gasteiger partial charge on any atom is -0.310 e. The number of thiophene rings is 1. The van der Waals surface area contributed by atoms with Crippen molar-refractivity contribution in [3.63, 3.8) is 0 Å². The van der Waals surface area contributed by atoms with Crippen LogP contribution in [0, 0.1) is 0 Å². The van der Waals surface area contributed by atoms with E-state index < -0.39 is 0 Å². The molecule has 1 nitrogen and oxygen atoms in total. The van der Waals surface area contributed by atoms with Gasteiger partial charge in [0, 0.05) is 47.9 Å². The van der Waals surface area contributed by atoms with E-state index in [1.807, 2.05) is 11.3 Å². The fourth-order valence-corrected chi connectivity index (χ4v) is 10.3. The molecule has 10 rings (SSSR count). The number of hydrogen-bond donors (Lipinski definition) is 0. The molecule has 0 aliphatic carbocycles. The first-order valence-corrected chi connectivity index (χ1v) is 18.0. The topological polar surface area (TPSA) is 4.93 Å². The summed E-state index contributed by atoms with van der Waals surface area (Å²) in [5, 5.41) is 4.07. The summed E-state index contributed by atoms with van der Waals surface area (Å²) in [4.78, 5) is 1.33. The van der Waals surface area contributed by atoms with Crippen molar-refractivity contribution in [2.24, 2.45) is 0 Å². The molecule has 0 N–H and O–H groups in total. The lowest BCUT2D eigenvalue weighted by atomic mass is 9.30. The number of nitrogens with zero attached hydrogens (tertiary/aromatic N) is 1. The van der Waals surface area contributed by atoms with Crippen LogP contribution in [0.4, 0.5) is 0 Å². The van der Waals surface area contributed by atoms with Gasteiger partial charge >= 0.3 is 0 Å². The van der Waals surface area contributed by atoms with Gasteiger partial charge in [-0.1, -0.05) is 155 Å². The SMILES string of the molecule is CC(C)(C)c1ccc2c(c1)B1c3ccccc3C(C)(C)c3ccc4c5c6sc(-c7ccccc7)c(-c7ccccc7)c6ccc5n-2c4c31. The minimum absolute atomic E-state index is 0.0567. The van der Waals surface area contributed by atoms with Crippen LogP contribution in [0.3, 0.4) is 0 Å². The molecule has 0 atom stereocenters. The van der Waals surface area contributed by atoms with E-state index in [2.05, 4.69) is 167 Å². The number of aromatic nitrogens is 1. The zero-order valence-corrected chi connectivity index (χ0v) is 28.9. The predicted molar refractivity (Wildman–Crippen MR) is 209 cm³/mol. The molecule has 0 spiro atoms. The van der Waals surface area contributed by atoms with Crippen LogP contribution >= 0.6 is 11.3 Å². The van der Waals surface area contributed by atoms with Crippen molar-refractivity contribution < 1.29 is 0 Å². The van der Waals surface area contributed by atoms with Gasteiger partial charge in [-0.2, -0.15) is 0 Å². The molecule has 0 saturated heterocycles. The van der Waals surface area contributed by atoms with Gasteiger partial charge in [0.25, 0.3) is 0 Å². The molecule has 8 aromatic rings. The lowest BCUT2D eigenvalue weighted by molar-refractivity contribution is 0.590. The van der Waals surface area contributed by atoms with Gasteiger partial charge in [-0.25, -0.2) is 0 Å². The lowest BCUT2D eigenvalue weighted by Crippen LogP contribution is -2.63. The maximum absolute atomic E-state index is 2.62. The highest BCUT2D eigenvalue weighted by Crippen LogP contribution is 2.50. The largest absolute Gasteiger partial charge is 0.310 e. The molecule has 0 fully saturated rings. The van der Waals surface area contributed by atoms with E-state index in [-0.39, 0.29) is 17.5 Å². The predicted octanol–water partition coefficient (Wildman–Crippen LogP) is 10.1. The van der Waals surface area contributed by atoms with E-state index in [4.69, 9.17) is 0 Å². The Morgan fingerprint density at radius 3 is 2.08 bits per heavy atom. The Bertz CT molecular complexity index is 2610. The molecule has 4 heterocycles. The molecule has 3 heteroatoms. The van der Waals surface area contributed by atoms with Crippen LogP contribution in [-0.4, -0.2) is 11.3 Å². The number of rotatable bonds is 2. The highest BCUT2D eigenvalue weighted by Gasteiger charge is 2.45. The summed E-state index contributed by atoms with van der Waals surface area (Å²) in [5.74, 6) is 0. The highest BCUT2D eigenvalue weighted by molar-refractivity contribution is 7.24. The zero-order chi connectivity index (χ0) is 32.5. The van der Waals surface area contributed by atoms with Crippen molar-refractivity contribution in [2.45, 2.75) is 45.4 Å². The Balaban J connectivity index is 1.39. The second-order valence-corrected chi connectivity index (χ2v) is 16.3. The van der Waals surface area contributed by atoms with Crippen LogP contribution in [-0.2, 0) is 10.8 Å². The third-order valence-corrected chi connectivity index (χ3v) is 12.5. The van der Waals surface area contributed by atoms with Crippen molar-refractivity contribution in [1.82, 2.24) is 4.57 Å². The van der Waals surface area contributed by atoms with E-state index >= 15 is 0 Å². The molecule has 2 aromatic heterocycles. The molecule has 48 heavy (non-hydrogen) atoms. The van der Waals surface area contributed by atoms with Crippen molar-refractivity contribution in [3.8, 4) is 27.3 Å². The second kappa shape index (κ2) is 9.61. The van der Waals surface area contributed by atoms with Gasteiger partial charge in [0.05, 0.1) is 5.52 Å². The molecular formula is C45H36BNS. The van der Waals surface area contributed by atoms with E-state index in [1.165, 1.54) is 92.2 Å². The first-order valence-electron chi connectivity index (χ1n) is 17.2. The summed E-state index contributed by atoms with van der Waals surface area (Å²) in [7, 11) is 0. The normalized spacial score (nSPS) is 14.5. The van der Waals surface area contributed by atoms with Gasteiger partial charge in [-0.3, -0.25) is 0 Å². The molecule has 230 valence electrons. The van der Waals surface area contributed by atoms with Crippen LogP contribution in [0.15, 0.2) is 127 Å². The molecule has 0 saturated carbocycles. The van der Waals surface area contributed by atoms with Gasteiger partial charge < -0.3 is 4.57 Å². The van der Waals surface area contributed by atoms with Gasteiger partial charge in [-0.15, -0.1) is 11.3 Å². The van der Waals surface area contributed by atoms with Crippen molar-refractivity contribution >= 4 is 66.3 Å². The molecule has 0 unspecified atom stereocenters. The van der Waals surface area contributed by atoms with Crippen LogP contribution < -0.4 is 16.4 Å². The quantitative estimate of drug-likeness (QED) is 0.167. The third kappa shape index (κ3) is 3.63. The van der Waals surface area contributed by atoms with Crippen molar-refractivity contribution in [3.05, 3.63) is 144 Å². The lowest BCUT2D eigenvalue weighted by Gasteiger charge is -2.41. The van der Waals surface area contributed by atoms with E-state index in [0.29, 0.717) is 0 Å². The number of hydrogen-bond acceptors (Lipinski definition) is 1. The summed E-state index contributed by atoms with van der Waals surface area (Å²) in [5.41, 5.74) is 16.5. The Labute approximate surface area is 286 Å². The zero-order valence-electron chi connectivity index (χ0n) is 28.1. The highest BCUT2D eigenvalue weighted by atomic mass is 32.1. The van der Waals surface area contributed by atoms with Gasteiger partial charge in [0.1, 0.15) is 0 Å². The fourth-order valence-electron chi connectivity index (χ4n) is 8.94. The summed E-state index contributed by atoms with van der Waals surface area (Å²) in [6.07, 6.45) is 0. The van der Waals surface area contributed by atoms with E-state index in [9.17, 15) is 0 Å². The number of benzene rings is 6. The Morgan fingerprint density at radius 1 is 0.646 bits per heavy atom. The fraction of sp³-hybridized carbons (Fsp3) is 0.156. The first-order chi connectivity index (χ1) is 23.2. The van der Waals surface area contributed by atoms with Crippen LogP contribution in [0.25, 0.3) is 59.1 Å². The second-order valence-electron chi connectivity index (χ2n) is 15.3. The van der Waals surface area contributed by atoms with Crippen LogP contribution in [0.5, 0.6) is 0 Å². The Morgan fingerprint density at radius 2 is 1.33 bits per heavy atom. The standard InChI is InChI=1S/C45H36BNS/c1-44(2,3)29-20-24-36-35(26-29)46-34-19-13-12-18-32(34)45(4,5)33-23-21-30-39-37(47(36)41(30)40(33)46)25-22-31-38(27-14-8-6-9-15-27)42(48-43(31)39)28-16-10-7-11-17-28/h6-26H,1-5H3. The molecule has 2 aliphatic heterocycles. The summed E-state index contributed by atoms with van der Waals surface area (Å²) >= 11 is 1.95. The average Bonchev–Trinajstić information content (AvgIpc) is 3.66. The maximum Gasteiger partial charge on any atom is 0.247 e. The average molecular weight is 634 g/mol. The van der Waals surface area contributed by atoms with E-state index in [0.717, 1.165) is 0 Å².